The molecule has 138 valence electrons. The highest BCUT2D eigenvalue weighted by atomic mass is 32.2. The number of esters is 1. The number of benzene rings is 2. The highest BCUT2D eigenvalue weighted by molar-refractivity contribution is 7.98. The smallest absolute Gasteiger partial charge is 0.321 e. The Balaban J connectivity index is 1.80. The third-order valence-electron chi connectivity index (χ3n) is 3.21. The molecule has 1 amide bonds. The molecule has 0 saturated heterocycles. The lowest BCUT2D eigenvalue weighted by Gasteiger charge is -2.10. The van der Waals surface area contributed by atoms with Crippen LogP contribution >= 0.6 is 11.8 Å². The van der Waals surface area contributed by atoms with Gasteiger partial charge < -0.3 is 10.1 Å². The van der Waals surface area contributed by atoms with Crippen LogP contribution in [0.4, 0.5) is 5.69 Å². The van der Waals surface area contributed by atoms with Crippen LogP contribution < -0.4 is 10.0 Å². The lowest BCUT2D eigenvalue weighted by Crippen LogP contribution is -2.32. The van der Waals surface area contributed by atoms with Crippen molar-refractivity contribution in [3.05, 3.63) is 54.6 Å². The second-order valence-electron chi connectivity index (χ2n) is 5.05. The Morgan fingerprint density at radius 3 is 2.38 bits per heavy atom. The van der Waals surface area contributed by atoms with Gasteiger partial charge in [0, 0.05) is 4.90 Å². The monoisotopic (exact) mass is 394 g/mol. The van der Waals surface area contributed by atoms with E-state index in [1.807, 2.05) is 18.4 Å². The number of ether oxygens (including phenoxy) is 1. The van der Waals surface area contributed by atoms with Crippen molar-refractivity contribution in [3.8, 4) is 0 Å². The first-order chi connectivity index (χ1) is 12.4. The molecule has 0 saturated carbocycles. The number of amides is 1. The van der Waals surface area contributed by atoms with Crippen molar-refractivity contribution in [2.24, 2.45) is 0 Å². The van der Waals surface area contributed by atoms with Crippen LogP contribution in [0.5, 0.6) is 0 Å². The molecule has 2 aromatic rings. The lowest BCUT2D eigenvalue weighted by molar-refractivity contribution is -0.146. The minimum Gasteiger partial charge on any atom is -0.455 e. The maximum atomic E-state index is 12.0. The number of rotatable bonds is 8. The summed E-state index contributed by atoms with van der Waals surface area (Å²) in [6.45, 7) is -1.07. The number of hydrogen-bond donors (Lipinski definition) is 2. The van der Waals surface area contributed by atoms with Crippen LogP contribution in [-0.2, 0) is 24.3 Å². The Kier molecular flexibility index (Phi) is 7.19. The normalized spacial score (nSPS) is 11.0. The van der Waals surface area contributed by atoms with Gasteiger partial charge in [-0.2, -0.15) is 4.72 Å². The van der Waals surface area contributed by atoms with Gasteiger partial charge in [-0.3, -0.25) is 9.59 Å². The maximum Gasteiger partial charge on any atom is 0.321 e. The summed E-state index contributed by atoms with van der Waals surface area (Å²) in [5, 5.41) is 2.64. The Hall–Kier alpha value is -2.36. The zero-order valence-electron chi connectivity index (χ0n) is 14.0. The number of nitrogens with one attached hydrogen (secondary N) is 2. The first kappa shape index (κ1) is 20.0. The van der Waals surface area contributed by atoms with Gasteiger partial charge in [0.05, 0.1) is 10.6 Å². The van der Waals surface area contributed by atoms with Crippen molar-refractivity contribution in [2.45, 2.75) is 9.79 Å². The fourth-order valence-electron chi connectivity index (χ4n) is 1.97. The van der Waals surface area contributed by atoms with Gasteiger partial charge in [-0.1, -0.05) is 30.3 Å². The van der Waals surface area contributed by atoms with E-state index in [2.05, 4.69) is 10.0 Å². The molecule has 0 heterocycles. The van der Waals surface area contributed by atoms with Crippen molar-refractivity contribution in [2.75, 3.05) is 24.7 Å². The van der Waals surface area contributed by atoms with Gasteiger partial charge in [0.15, 0.2) is 6.61 Å². The van der Waals surface area contributed by atoms with E-state index >= 15 is 0 Å². The molecule has 0 unspecified atom stereocenters. The van der Waals surface area contributed by atoms with Gasteiger partial charge in [0.25, 0.3) is 5.91 Å². The van der Waals surface area contributed by atoms with Crippen molar-refractivity contribution < 1.29 is 22.7 Å². The summed E-state index contributed by atoms with van der Waals surface area (Å²) in [5.41, 5.74) is 0.617. The molecule has 2 N–H and O–H groups in total. The van der Waals surface area contributed by atoms with Gasteiger partial charge >= 0.3 is 5.97 Å². The number of hydrogen-bond acceptors (Lipinski definition) is 6. The van der Waals surface area contributed by atoms with E-state index in [-0.39, 0.29) is 4.90 Å². The SMILES string of the molecule is CSc1ccccc1NC(=O)COC(=O)CNS(=O)(=O)c1ccccc1. The fourth-order valence-corrected chi connectivity index (χ4v) is 3.51. The standard InChI is InChI=1S/C17H18N2O5S2/c1-25-15-10-6-5-9-14(15)19-16(20)12-24-17(21)11-18-26(22,23)13-7-3-2-4-8-13/h2-10,18H,11-12H2,1H3,(H,19,20). The molecule has 0 aliphatic rings. The summed E-state index contributed by atoms with van der Waals surface area (Å²) in [6.07, 6.45) is 1.88. The molecule has 0 radical (unpaired) electrons. The second-order valence-corrected chi connectivity index (χ2v) is 7.66. The third kappa shape index (κ3) is 5.87. The molecule has 2 rings (SSSR count). The van der Waals surface area contributed by atoms with Gasteiger partial charge in [-0.05, 0) is 30.5 Å². The molecule has 0 spiro atoms. The molecule has 0 fully saturated rings. The van der Waals surface area contributed by atoms with E-state index in [0.29, 0.717) is 5.69 Å². The maximum absolute atomic E-state index is 12.0. The van der Waals surface area contributed by atoms with Crippen LogP contribution in [0, 0.1) is 0 Å². The average Bonchev–Trinajstić information content (AvgIpc) is 2.66. The topological polar surface area (TPSA) is 102 Å². The van der Waals surface area contributed by atoms with Crippen molar-refractivity contribution in [3.63, 3.8) is 0 Å². The van der Waals surface area contributed by atoms with E-state index in [1.54, 1.807) is 30.3 Å². The Morgan fingerprint density at radius 2 is 1.69 bits per heavy atom. The number of anilines is 1. The fraction of sp³-hybridized carbons (Fsp3) is 0.176. The van der Waals surface area contributed by atoms with Crippen LogP contribution in [0.25, 0.3) is 0 Å². The van der Waals surface area contributed by atoms with Gasteiger partial charge in [0.2, 0.25) is 10.0 Å². The molecule has 0 aliphatic heterocycles. The summed E-state index contributed by atoms with van der Waals surface area (Å²) < 4.78 is 30.9. The summed E-state index contributed by atoms with van der Waals surface area (Å²) in [6, 6.07) is 14.9. The molecular formula is C17H18N2O5S2. The second kappa shape index (κ2) is 9.37. The van der Waals surface area contributed by atoms with E-state index < -0.39 is 35.1 Å². The number of carbonyl (C=O) groups excluding carboxylic acids is 2. The Labute approximate surface area is 156 Å². The Bertz CT molecular complexity index is 870. The van der Waals surface area contributed by atoms with E-state index in [9.17, 15) is 18.0 Å². The van der Waals surface area contributed by atoms with Crippen LogP contribution in [-0.4, -0.2) is 39.7 Å². The number of para-hydroxylation sites is 1. The molecule has 0 bridgehead atoms. The molecule has 26 heavy (non-hydrogen) atoms. The lowest BCUT2D eigenvalue weighted by atomic mass is 10.3. The minimum atomic E-state index is -3.81. The highest BCUT2D eigenvalue weighted by Crippen LogP contribution is 2.24. The summed E-state index contributed by atoms with van der Waals surface area (Å²) in [4.78, 5) is 24.5. The largest absolute Gasteiger partial charge is 0.455 e. The number of sulfonamides is 1. The highest BCUT2D eigenvalue weighted by Gasteiger charge is 2.16. The molecule has 2 aromatic carbocycles. The zero-order chi connectivity index (χ0) is 19.0. The molecule has 0 aromatic heterocycles. The van der Waals surface area contributed by atoms with Crippen LogP contribution in [0.2, 0.25) is 0 Å². The zero-order valence-corrected chi connectivity index (χ0v) is 15.6. The average molecular weight is 394 g/mol. The van der Waals surface area contributed by atoms with E-state index in [1.165, 1.54) is 23.9 Å². The van der Waals surface area contributed by atoms with Crippen molar-refractivity contribution in [1.29, 1.82) is 0 Å². The first-order valence-corrected chi connectivity index (χ1v) is 10.3. The Morgan fingerprint density at radius 1 is 1.04 bits per heavy atom. The molecule has 9 heteroatoms. The van der Waals surface area contributed by atoms with Gasteiger partial charge in [0.1, 0.15) is 6.54 Å². The minimum absolute atomic E-state index is 0.0409. The quantitative estimate of drug-likeness (QED) is 0.524. The number of carbonyl (C=O) groups is 2. The summed E-state index contributed by atoms with van der Waals surface area (Å²) in [7, 11) is -3.81. The van der Waals surface area contributed by atoms with Crippen molar-refractivity contribution >= 4 is 39.3 Å². The predicted octanol–water partition coefficient (Wildman–Crippen LogP) is 1.87. The van der Waals surface area contributed by atoms with Crippen LogP contribution in [0.3, 0.4) is 0 Å². The van der Waals surface area contributed by atoms with Crippen molar-refractivity contribution in [1.82, 2.24) is 4.72 Å². The van der Waals surface area contributed by atoms with Gasteiger partial charge in [-0.15, -0.1) is 11.8 Å². The molecule has 7 nitrogen and oxygen atoms in total. The number of thioether (sulfide) groups is 1. The summed E-state index contributed by atoms with van der Waals surface area (Å²) in [5.74, 6) is -1.36. The van der Waals surface area contributed by atoms with E-state index in [0.717, 1.165) is 4.90 Å². The summed E-state index contributed by atoms with van der Waals surface area (Å²) >= 11 is 1.47. The van der Waals surface area contributed by atoms with Crippen LogP contribution in [0.15, 0.2) is 64.4 Å². The van der Waals surface area contributed by atoms with Crippen LogP contribution in [0.1, 0.15) is 0 Å². The van der Waals surface area contributed by atoms with E-state index in [4.69, 9.17) is 4.74 Å². The first-order valence-electron chi connectivity index (χ1n) is 7.55. The third-order valence-corrected chi connectivity index (χ3v) is 5.42. The van der Waals surface area contributed by atoms with Gasteiger partial charge in [-0.25, -0.2) is 8.42 Å². The predicted molar refractivity (Wildman–Crippen MR) is 99.4 cm³/mol. The molecule has 0 atom stereocenters. The molecule has 0 aliphatic carbocycles. The molecular weight excluding hydrogens is 376 g/mol.